The smallest absolute Gasteiger partial charge is 0.396 e. The molecule has 2 fully saturated rings. The molecule has 0 unspecified atom stereocenters. The van der Waals surface area contributed by atoms with Crippen LogP contribution in [0.3, 0.4) is 0 Å². The van der Waals surface area contributed by atoms with Gasteiger partial charge in [0.15, 0.2) is 0 Å². The standard InChI is InChI=1S/C21H22F3N5O2/c1-27-13-26-8-18(27)19(31)29-10-15-9-28(5-4-20(15,11-29)12-30)16-3-2-14(7-25)17(6-16)21(22,23)24/h2-3,6,8,13,15,30H,4-5,9-12H2,1H3/t15-,20+/m1/s1. The van der Waals surface area contributed by atoms with Crippen molar-refractivity contribution in [3.05, 3.63) is 47.5 Å². The Hall–Kier alpha value is -3.06. The summed E-state index contributed by atoms with van der Waals surface area (Å²) >= 11 is 0. The number of carbonyl (C=O) groups excluding carboxylic acids is 1. The van der Waals surface area contributed by atoms with E-state index in [1.807, 2.05) is 4.90 Å². The molecular weight excluding hydrogens is 411 g/mol. The molecule has 1 aromatic heterocycles. The summed E-state index contributed by atoms with van der Waals surface area (Å²) in [5.41, 5.74) is -1.01. The number of anilines is 1. The Balaban J connectivity index is 1.57. The van der Waals surface area contributed by atoms with Gasteiger partial charge in [-0.2, -0.15) is 18.4 Å². The summed E-state index contributed by atoms with van der Waals surface area (Å²) in [7, 11) is 1.73. The molecule has 4 rings (SSSR count). The molecule has 7 nitrogen and oxygen atoms in total. The third-order valence-corrected chi connectivity index (χ3v) is 6.56. The van der Waals surface area contributed by atoms with Crippen LogP contribution < -0.4 is 4.90 Å². The Labute approximate surface area is 177 Å². The second-order valence-electron chi connectivity index (χ2n) is 8.33. The fourth-order valence-corrected chi connectivity index (χ4v) is 4.72. The Bertz CT molecular complexity index is 1040. The van der Waals surface area contributed by atoms with Crippen molar-refractivity contribution in [2.24, 2.45) is 18.4 Å². The number of imidazole rings is 1. The number of rotatable bonds is 3. The largest absolute Gasteiger partial charge is 0.417 e. The first-order valence-electron chi connectivity index (χ1n) is 9.91. The number of hydrogen-bond donors (Lipinski definition) is 1. The lowest BCUT2D eigenvalue weighted by Gasteiger charge is -2.43. The van der Waals surface area contributed by atoms with Gasteiger partial charge in [-0.15, -0.1) is 0 Å². The van der Waals surface area contributed by atoms with E-state index in [1.165, 1.54) is 18.3 Å². The Morgan fingerprint density at radius 3 is 2.77 bits per heavy atom. The van der Waals surface area contributed by atoms with E-state index in [2.05, 4.69) is 4.98 Å². The SMILES string of the molecule is Cn1cncc1C(=O)N1C[C@H]2CN(c3ccc(C#N)c(C(F)(F)F)c3)CC[C@@]2(CO)C1. The maximum atomic E-state index is 13.4. The van der Waals surface area contributed by atoms with Crippen LogP contribution in [0.25, 0.3) is 0 Å². The summed E-state index contributed by atoms with van der Waals surface area (Å²) in [6.45, 7) is 1.57. The average Bonchev–Trinajstić information content (AvgIpc) is 3.35. The molecule has 1 N–H and O–H groups in total. The predicted molar refractivity (Wildman–Crippen MR) is 105 cm³/mol. The fraction of sp³-hybridized carbons (Fsp3) is 0.476. The maximum Gasteiger partial charge on any atom is 0.417 e. The zero-order chi connectivity index (χ0) is 22.4. The second kappa shape index (κ2) is 7.57. The van der Waals surface area contributed by atoms with Crippen molar-refractivity contribution in [2.45, 2.75) is 12.6 Å². The third kappa shape index (κ3) is 3.63. The van der Waals surface area contributed by atoms with E-state index in [1.54, 1.807) is 28.9 Å². The quantitative estimate of drug-likeness (QED) is 0.803. The van der Waals surface area contributed by atoms with Crippen molar-refractivity contribution in [1.29, 1.82) is 5.26 Å². The normalized spacial score (nSPS) is 23.5. The van der Waals surface area contributed by atoms with Crippen molar-refractivity contribution in [1.82, 2.24) is 14.5 Å². The lowest BCUT2D eigenvalue weighted by Crippen LogP contribution is -2.49. The maximum absolute atomic E-state index is 13.4. The highest BCUT2D eigenvalue weighted by Crippen LogP contribution is 2.44. The molecule has 3 heterocycles. The number of aryl methyl sites for hydroxylation is 1. The molecule has 0 spiro atoms. The predicted octanol–water partition coefficient (Wildman–Crippen LogP) is 2.27. The van der Waals surface area contributed by atoms with E-state index in [0.717, 1.165) is 6.07 Å². The zero-order valence-corrected chi connectivity index (χ0v) is 16.9. The van der Waals surface area contributed by atoms with Gasteiger partial charge in [0.1, 0.15) is 5.69 Å². The lowest BCUT2D eigenvalue weighted by molar-refractivity contribution is -0.137. The summed E-state index contributed by atoms with van der Waals surface area (Å²) in [5, 5.41) is 19.2. The van der Waals surface area contributed by atoms with E-state index >= 15 is 0 Å². The van der Waals surface area contributed by atoms with E-state index < -0.39 is 22.7 Å². The fourth-order valence-electron chi connectivity index (χ4n) is 4.72. The van der Waals surface area contributed by atoms with E-state index in [4.69, 9.17) is 5.26 Å². The number of alkyl halides is 3. The molecule has 0 aliphatic carbocycles. The number of carbonyl (C=O) groups is 1. The molecule has 2 saturated heterocycles. The molecule has 2 aromatic rings. The van der Waals surface area contributed by atoms with E-state index in [-0.39, 0.29) is 18.4 Å². The minimum absolute atomic E-state index is 0.0894. The summed E-state index contributed by atoms with van der Waals surface area (Å²) in [4.78, 5) is 20.4. The first-order valence-corrected chi connectivity index (χ1v) is 9.91. The van der Waals surface area contributed by atoms with Gasteiger partial charge in [-0.25, -0.2) is 4.98 Å². The van der Waals surface area contributed by atoms with Crippen molar-refractivity contribution in [2.75, 3.05) is 37.7 Å². The summed E-state index contributed by atoms with van der Waals surface area (Å²) in [6, 6.07) is 5.32. The van der Waals surface area contributed by atoms with Crippen LogP contribution in [-0.2, 0) is 13.2 Å². The molecule has 1 aromatic carbocycles. The van der Waals surface area contributed by atoms with Crippen LogP contribution in [0.5, 0.6) is 0 Å². The number of likely N-dealkylation sites (tertiary alicyclic amines) is 1. The van der Waals surface area contributed by atoms with Crippen LogP contribution in [0.1, 0.15) is 28.0 Å². The minimum Gasteiger partial charge on any atom is -0.396 e. The Kier molecular flexibility index (Phi) is 5.17. The molecule has 2 atom stereocenters. The number of amides is 1. The molecule has 2 aliphatic rings. The van der Waals surface area contributed by atoms with Gasteiger partial charge < -0.3 is 19.5 Å². The number of aliphatic hydroxyl groups is 1. The third-order valence-electron chi connectivity index (χ3n) is 6.56. The highest BCUT2D eigenvalue weighted by molar-refractivity contribution is 5.92. The van der Waals surface area contributed by atoms with Crippen LogP contribution in [0.4, 0.5) is 18.9 Å². The first kappa shape index (κ1) is 21.2. The average molecular weight is 433 g/mol. The zero-order valence-electron chi connectivity index (χ0n) is 16.9. The summed E-state index contributed by atoms with van der Waals surface area (Å²) < 4.78 is 41.7. The van der Waals surface area contributed by atoms with Gasteiger partial charge in [0.05, 0.1) is 36.3 Å². The molecule has 0 radical (unpaired) electrons. The molecule has 0 saturated carbocycles. The number of fused-ring (bicyclic) bond motifs is 1. The van der Waals surface area contributed by atoms with E-state index in [0.29, 0.717) is 44.0 Å². The first-order chi connectivity index (χ1) is 14.7. The van der Waals surface area contributed by atoms with Gasteiger partial charge >= 0.3 is 6.18 Å². The van der Waals surface area contributed by atoms with Crippen molar-refractivity contribution < 1.29 is 23.1 Å². The van der Waals surface area contributed by atoms with Gasteiger partial charge in [0.2, 0.25) is 0 Å². The van der Waals surface area contributed by atoms with Gasteiger partial charge in [0.25, 0.3) is 5.91 Å². The van der Waals surface area contributed by atoms with Gasteiger partial charge in [-0.3, -0.25) is 4.79 Å². The number of halogens is 3. The molecule has 10 heteroatoms. The molecular formula is C21H22F3N5O2. The van der Waals surface area contributed by atoms with Crippen LogP contribution >= 0.6 is 0 Å². The molecule has 0 bridgehead atoms. The number of nitriles is 1. The second-order valence-corrected chi connectivity index (χ2v) is 8.33. The lowest BCUT2D eigenvalue weighted by atomic mass is 9.73. The molecule has 164 valence electrons. The van der Waals surface area contributed by atoms with Crippen LogP contribution in [-0.4, -0.2) is 58.3 Å². The van der Waals surface area contributed by atoms with Crippen LogP contribution in [0, 0.1) is 22.7 Å². The van der Waals surface area contributed by atoms with Crippen LogP contribution in [0.15, 0.2) is 30.7 Å². The van der Waals surface area contributed by atoms with Crippen LogP contribution in [0.2, 0.25) is 0 Å². The molecule has 2 aliphatic heterocycles. The number of benzene rings is 1. The summed E-state index contributed by atoms with van der Waals surface area (Å²) in [6.07, 6.45) is -1.03. The Morgan fingerprint density at radius 2 is 2.16 bits per heavy atom. The highest BCUT2D eigenvalue weighted by Gasteiger charge is 2.50. The van der Waals surface area contributed by atoms with Gasteiger partial charge in [0, 0.05) is 50.2 Å². The minimum atomic E-state index is -4.62. The van der Waals surface area contributed by atoms with E-state index in [9.17, 15) is 23.1 Å². The number of piperidine rings is 1. The number of aliphatic hydroxyl groups excluding tert-OH is 1. The number of nitrogens with zero attached hydrogens (tertiary/aromatic N) is 5. The number of aromatic nitrogens is 2. The van der Waals surface area contributed by atoms with Gasteiger partial charge in [-0.05, 0) is 24.6 Å². The monoisotopic (exact) mass is 433 g/mol. The molecule has 31 heavy (non-hydrogen) atoms. The van der Waals surface area contributed by atoms with Crippen molar-refractivity contribution in [3.8, 4) is 6.07 Å². The van der Waals surface area contributed by atoms with Crippen molar-refractivity contribution >= 4 is 11.6 Å². The Morgan fingerprint density at radius 1 is 1.39 bits per heavy atom. The highest BCUT2D eigenvalue weighted by atomic mass is 19.4. The van der Waals surface area contributed by atoms with Gasteiger partial charge in [-0.1, -0.05) is 0 Å². The molecule has 1 amide bonds. The topological polar surface area (TPSA) is 85.4 Å². The number of hydrogen-bond acceptors (Lipinski definition) is 5. The van der Waals surface area contributed by atoms with Crippen molar-refractivity contribution in [3.63, 3.8) is 0 Å². The summed E-state index contributed by atoms with van der Waals surface area (Å²) in [5.74, 6) is -0.264.